The van der Waals surface area contributed by atoms with Crippen LogP contribution >= 0.6 is 0 Å². The molecule has 0 bridgehead atoms. The molecule has 0 spiro atoms. The van der Waals surface area contributed by atoms with Crippen molar-refractivity contribution >= 4 is 0 Å². The van der Waals surface area contributed by atoms with Gasteiger partial charge in [-0.1, -0.05) is 40.5 Å². The number of nitrogens with zero attached hydrogens (tertiary/aromatic N) is 1. The minimum atomic E-state index is 0.562. The first kappa shape index (κ1) is 15.9. The highest BCUT2D eigenvalue weighted by atomic mass is 15.2. The maximum atomic E-state index is 5.97. The second kappa shape index (κ2) is 9.00. The first-order valence-corrected chi connectivity index (χ1v) is 7.07. The zero-order chi connectivity index (χ0) is 12.6. The summed E-state index contributed by atoms with van der Waals surface area (Å²) in [6.07, 6.45) is 5.00. The maximum Gasteiger partial charge on any atom is 0.0246 e. The molecule has 0 aliphatic carbocycles. The molecular weight excluding hydrogens is 196 g/mol. The Morgan fingerprint density at radius 3 is 2.06 bits per heavy atom. The quantitative estimate of drug-likeness (QED) is 0.656. The number of hydrogen-bond donors (Lipinski definition) is 1. The van der Waals surface area contributed by atoms with Crippen LogP contribution in [-0.2, 0) is 0 Å². The molecule has 0 saturated heterocycles. The molecule has 3 atom stereocenters. The summed E-state index contributed by atoms with van der Waals surface area (Å²) in [5.74, 6) is 0.704. The monoisotopic (exact) mass is 228 g/mol. The van der Waals surface area contributed by atoms with E-state index in [-0.39, 0.29) is 0 Å². The Morgan fingerprint density at radius 2 is 1.69 bits per heavy atom. The van der Waals surface area contributed by atoms with Crippen LogP contribution in [0.2, 0.25) is 0 Å². The van der Waals surface area contributed by atoms with Gasteiger partial charge in [0.1, 0.15) is 0 Å². The van der Waals surface area contributed by atoms with Gasteiger partial charge in [-0.15, -0.1) is 0 Å². The summed E-state index contributed by atoms with van der Waals surface area (Å²) in [7, 11) is 0. The Labute approximate surface area is 103 Å². The molecule has 0 aromatic carbocycles. The molecule has 2 N–H and O–H groups in total. The Kier molecular flexibility index (Phi) is 8.96. The first-order chi connectivity index (χ1) is 7.62. The number of nitrogens with two attached hydrogens (primary N) is 1. The highest BCUT2D eigenvalue weighted by molar-refractivity contribution is 4.80. The van der Waals surface area contributed by atoms with Crippen molar-refractivity contribution in [2.45, 2.75) is 72.4 Å². The van der Waals surface area contributed by atoms with E-state index >= 15 is 0 Å². The lowest BCUT2D eigenvalue weighted by Gasteiger charge is -2.38. The summed E-state index contributed by atoms with van der Waals surface area (Å²) in [6.45, 7) is 13.5. The van der Waals surface area contributed by atoms with E-state index in [0.717, 1.165) is 6.54 Å². The molecule has 0 aliphatic heterocycles. The molecule has 16 heavy (non-hydrogen) atoms. The maximum absolute atomic E-state index is 5.97. The molecule has 0 amide bonds. The standard InChI is InChI=1S/C14H32N2/c1-6-9-10-16(13(5)8-3)14(11-15)12(4)7-2/h12-14H,6-11,15H2,1-5H3. The Balaban J connectivity index is 4.54. The van der Waals surface area contributed by atoms with Gasteiger partial charge in [-0.25, -0.2) is 0 Å². The Hall–Kier alpha value is -0.0800. The summed E-state index contributed by atoms with van der Waals surface area (Å²) in [5.41, 5.74) is 5.97. The SMILES string of the molecule is CCCCN(C(C)CC)C(CN)C(C)CC. The second-order valence-electron chi connectivity index (χ2n) is 5.04. The normalized spacial score (nSPS) is 17.4. The van der Waals surface area contributed by atoms with Gasteiger partial charge >= 0.3 is 0 Å². The van der Waals surface area contributed by atoms with Crippen molar-refractivity contribution in [3.63, 3.8) is 0 Å². The fraction of sp³-hybridized carbons (Fsp3) is 1.00. The van der Waals surface area contributed by atoms with Crippen LogP contribution in [0.25, 0.3) is 0 Å². The van der Waals surface area contributed by atoms with Crippen LogP contribution in [0.1, 0.15) is 60.3 Å². The summed E-state index contributed by atoms with van der Waals surface area (Å²) in [6, 6.07) is 1.22. The van der Waals surface area contributed by atoms with E-state index in [0.29, 0.717) is 18.0 Å². The third-order valence-electron chi connectivity index (χ3n) is 3.90. The van der Waals surface area contributed by atoms with E-state index in [4.69, 9.17) is 5.73 Å². The molecule has 98 valence electrons. The third kappa shape index (κ3) is 4.84. The summed E-state index contributed by atoms with van der Waals surface area (Å²) in [4.78, 5) is 2.64. The number of rotatable bonds is 9. The summed E-state index contributed by atoms with van der Waals surface area (Å²) >= 11 is 0. The van der Waals surface area contributed by atoms with Crippen molar-refractivity contribution in [2.75, 3.05) is 13.1 Å². The highest BCUT2D eigenvalue weighted by Gasteiger charge is 2.24. The summed E-state index contributed by atoms with van der Waals surface area (Å²) < 4.78 is 0. The molecular formula is C14H32N2. The Bertz CT molecular complexity index is 159. The van der Waals surface area contributed by atoms with Gasteiger partial charge in [0.05, 0.1) is 0 Å². The third-order valence-corrected chi connectivity index (χ3v) is 3.90. The van der Waals surface area contributed by atoms with Gasteiger partial charge in [0.15, 0.2) is 0 Å². The van der Waals surface area contributed by atoms with Crippen molar-refractivity contribution in [1.82, 2.24) is 4.90 Å². The lowest BCUT2D eigenvalue weighted by atomic mass is 9.95. The molecule has 0 saturated carbocycles. The van der Waals surface area contributed by atoms with E-state index < -0.39 is 0 Å². The van der Waals surface area contributed by atoms with Crippen molar-refractivity contribution in [3.05, 3.63) is 0 Å². The van der Waals surface area contributed by atoms with Gasteiger partial charge in [-0.05, 0) is 32.2 Å². The predicted octanol–water partition coefficient (Wildman–Crippen LogP) is 3.26. The second-order valence-corrected chi connectivity index (χ2v) is 5.04. The predicted molar refractivity (Wildman–Crippen MR) is 73.7 cm³/mol. The van der Waals surface area contributed by atoms with E-state index in [1.54, 1.807) is 0 Å². The average Bonchev–Trinajstić information content (AvgIpc) is 2.32. The minimum Gasteiger partial charge on any atom is -0.329 e. The molecule has 0 heterocycles. The van der Waals surface area contributed by atoms with Gasteiger partial charge < -0.3 is 5.73 Å². The van der Waals surface area contributed by atoms with Gasteiger partial charge in [-0.2, -0.15) is 0 Å². The molecule has 0 fully saturated rings. The van der Waals surface area contributed by atoms with Crippen LogP contribution < -0.4 is 5.73 Å². The topological polar surface area (TPSA) is 29.3 Å². The zero-order valence-corrected chi connectivity index (χ0v) is 12.0. The molecule has 0 aliphatic rings. The van der Waals surface area contributed by atoms with Gasteiger partial charge in [0.2, 0.25) is 0 Å². The lowest BCUT2D eigenvalue weighted by molar-refractivity contribution is 0.102. The lowest BCUT2D eigenvalue weighted by Crippen LogP contribution is -2.49. The largest absolute Gasteiger partial charge is 0.329 e. The van der Waals surface area contributed by atoms with Crippen molar-refractivity contribution in [1.29, 1.82) is 0 Å². The zero-order valence-electron chi connectivity index (χ0n) is 12.0. The molecule has 2 heteroatoms. The molecule has 3 unspecified atom stereocenters. The summed E-state index contributed by atoms with van der Waals surface area (Å²) in [5, 5.41) is 0. The minimum absolute atomic E-state index is 0.562. The first-order valence-electron chi connectivity index (χ1n) is 7.07. The fourth-order valence-corrected chi connectivity index (χ4v) is 2.25. The molecule has 2 nitrogen and oxygen atoms in total. The number of unbranched alkanes of at least 4 members (excludes halogenated alkanes) is 1. The van der Waals surface area contributed by atoms with Crippen LogP contribution in [-0.4, -0.2) is 30.1 Å². The fourth-order valence-electron chi connectivity index (χ4n) is 2.25. The molecule has 0 radical (unpaired) electrons. The van der Waals surface area contributed by atoms with Crippen LogP contribution in [0.5, 0.6) is 0 Å². The highest BCUT2D eigenvalue weighted by Crippen LogP contribution is 2.18. The van der Waals surface area contributed by atoms with E-state index in [1.165, 1.54) is 32.2 Å². The number of hydrogen-bond acceptors (Lipinski definition) is 2. The van der Waals surface area contributed by atoms with Crippen molar-refractivity contribution in [2.24, 2.45) is 11.7 Å². The van der Waals surface area contributed by atoms with E-state index in [9.17, 15) is 0 Å². The van der Waals surface area contributed by atoms with Crippen LogP contribution in [0.3, 0.4) is 0 Å². The van der Waals surface area contributed by atoms with Crippen LogP contribution in [0.4, 0.5) is 0 Å². The van der Waals surface area contributed by atoms with Crippen molar-refractivity contribution < 1.29 is 0 Å². The molecule has 0 rings (SSSR count). The molecule has 0 aromatic heterocycles. The van der Waals surface area contributed by atoms with E-state index in [1.807, 2.05) is 0 Å². The smallest absolute Gasteiger partial charge is 0.0246 e. The van der Waals surface area contributed by atoms with E-state index in [2.05, 4.69) is 39.5 Å². The van der Waals surface area contributed by atoms with Crippen molar-refractivity contribution in [3.8, 4) is 0 Å². The molecule has 0 aromatic rings. The van der Waals surface area contributed by atoms with Gasteiger partial charge in [-0.3, -0.25) is 4.90 Å². The van der Waals surface area contributed by atoms with Gasteiger partial charge in [0, 0.05) is 18.6 Å². The van der Waals surface area contributed by atoms with Crippen LogP contribution in [0, 0.1) is 5.92 Å². The Morgan fingerprint density at radius 1 is 1.06 bits per heavy atom. The van der Waals surface area contributed by atoms with Crippen LogP contribution in [0.15, 0.2) is 0 Å². The van der Waals surface area contributed by atoms with Gasteiger partial charge in [0.25, 0.3) is 0 Å². The average molecular weight is 228 g/mol.